The fraction of sp³-hybridized carbons (Fsp3) is 0.846. The van der Waals surface area contributed by atoms with Crippen molar-refractivity contribution in [2.45, 2.75) is 27.2 Å². The van der Waals surface area contributed by atoms with Gasteiger partial charge in [-0.25, -0.2) is 0 Å². The normalized spacial score (nSPS) is 20.5. The Kier molecular flexibility index (Phi) is 4.81. The maximum atomic E-state index is 3.79. The number of piperazine rings is 1. The summed E-state index contributed by atoms with van der Waals surface area (Å²) >= 11 is 0. The molecule has 0 atom stereocenters. The van der Waals surface area contributed by atoms with Crippen LogP contribution in [0.2, 0.25) is 0 Å². The van der Waals surface area contributed by atoms with Crippen LogP contribution in [0.4, 0.5) is 0 Å². The van der Waals surface area contributed by atoms with Crippen LogP contribution in [-0.4, -0.2) is 49.1 Å². The summed E-state index contributed by atoms with van der Waals surface area (Å²) < 4.78 is 0. The highest BCUT2D eigenvalue weighted by Crippen LogP contribution is 2.21. The first-order valence-electron chi connectivity index (χ1n) is 6.13. The maximum Gasteiger partial charge on any atom is 0.0161 e. The fourth-order valence-corrected chi connectivity index (χ4v) is 2.03. The standard InChI is InChI=1S/C13H26N2/c1-5-7-14-8-10-15(11-9-14)12-13(3,4)6-2/h5H,1,6-12H2,2-4H3. The lowest BCUT2D eigenvalue weighted by molar-refractivity contribution is 0.102. The second-order valence-corrected chi connectivity index (χ2v) is 5.38. The first-order valence-corrected chi connectivity index (χ1v) is 6.13. The first-order chi connectivity index (χ1) is 7.07. The quantitative estimate of drug-likeness (QED) is 0.642. The van der Waals surface area contributed by atoms with Crippen LogP contribution in [0.3, 0.4) is 0 Å². The van der Waals surface area contributed by atoms with Crippen LogP contribution in [0.5, 0.6) is 0 Å². The van der Waals surface area contributed by atoms with E-state index in [1.807, 2.05) is 6.08 Å². The highest BCUT2D eigenvalue weighted by Gasteiger charge is 2.22. The Morgan fingerprint density at radius 2 is 1.67 bits per heavy atom. The summed E-state index contributed by atoms with van der Waals surface area (Å²) in [5.74, 6) is 0. The summed E-state index contributed by atoms with van der Waals surface area (Å²) in [6.07, 6.45) is 3.27. The van der Waals surface area contributed by atoms with Gasteiger partial charge in [-0.2, -0.15) is 0 Å². The molecule has 2 nitrogen and oxygen atoms in total. The van der Waals surface area contributed by atoms with E-state index in [1.165, 1.54) is 39.1 Å². The van der Waals surface area contributed by atoms with Gasteiger partial charge < -0.3 is 4.90 Å². The third-order valence-corrected chi connectivity index (χ3v) is 3.46. The largest absolute Gasteiger partial charge is 0.300 e. The van der Waals surface area contributed by atoms with Gasteiger partial charge in [0.15, 0.2) is 0 Å². The van der Waals surface area contributed by atoms with E-state index in [0.29, 0.717) is 5.41 Å². The lowest BCUT2D eigenvalue weighted by atomic mass is 9.89. The first kappa shape index (κ1) is 12.7. The van der Waals surface area contributed by atoms with E-state index < -0.39 is 0 Å². The Labute approximate surface area is 94.9 Å². The summed E-state index contributed by atoms with van der Waals surface area (Å²) in [6.45, 7) is 17.9. The van der Waals surface area contributed by atoms with E-state index in [1.54, 1.807) is 0 Å². The third kappa shape index (κ3) is 4.35. The van der Waals surface area contributed by atoms with Gasteiger partial charge in [-0.3, -0.25) is 4.90 Å². The lowest BCUT2D eigenvalue weighted by Crippen LogP contribution is -2.48. The lowest BCUT2D eigenvalue weighted by Gasteiger charge is -2.38. The molecule has 0 spiro atoms. The molecule has 1 heterocycles. The fourth-order valence-electron chi connectivity index (χ4n) is 2.03. The molecule has 0 radical (unpaired) electrons. The van der Waals surface area contributed by atoms with Crippen LogP contribution < -0.4 is 0 Å². The third-order valence-electron chi connectivity index (χ3n) is 3.46. The SMILES string of the molecule is C=CCN1CCN(CC(C)(C)CC)CC1. The summed E-state index contributed by atoms with van der Waals surface area (Å²) in [5, 5.41) is 0. The van der Waals surface area contributed by atoms with Gasteiger partial charge in [-0.1, -0.05) is 26.8 Å². The summed E-state index contributed by atoms with van der Waals surface area (Å²) in [5.41, 5.74) is 0.473. The molecule has 0 aromatic carbocycles. The summed E-state index contributed by atoms with van der Waals surface area (Å²) in [7, 11) is 0. The second-order valence-electron chi connectivity index (χ2n) is 5.38. The van der Waals surface area contributed by atoms with Gasteiger partial charge in [0.1, 0.15) is 0 Å². The van der Waals surface area contributed by atoms with Gasteiger partial charge in [0, 0.05) is 39.3 Å². The van der Waals surface area contributed by atoms with Crippen LogP contribution in [0.25, 0.3) is 0 Å². The molecule has 2 heteroatoms. The molecule has 0 bridgehead atoms. The van der Waals surface area contributed by atoms with E-state index in [4.69, 9.17) is 0 Å². The van der Waals surface area contributed by atoms with Crippen molar-refractivity contribution in [3.05, 3.63) is 12.7 Å². The van der Waals surface area contributed by atoms with Gasteiger partial charge in [-0.15, -0.1) is 6.58 Å². The molecule has 1 saturated heterocycles. The second kappa shape index (κ2) is 5.66. The predicted molar refractivity (Wildman–Crippen MR) is 67.1 cm³/mol. The van der Waals surface area contributed by atoms with Crippen molar-refractivity contribution in [3.63, 3.8) is 0 Å². The average molecular weight is 210 g/mol. The predicted octanol–water partition coefficient (Wildman–Crippen LogP) is 2.23. The van der Waals surface area contributed by atoms with E-state index in [0.717, 1.165) is 6.54 Å². The molecule has 88 valence electrons. The maximum absolute atomic E-state index is 3.79. The Bertz CT molecular complexity index is 191. The molecule has 1 rings (SSSR count). The van der Waals surface area contributed by atoms with Crippen LogP contribution in [0.1, 0.15) is 27.2 Å². The molecular formula is C13H26N2. The van der Waals surface area contributed by atoms with E-state index in [-0.39, 0.29) is 0 Å². The molecule has 0 aliphatic carbocycles. The number of rotatable bonds is 5. The zero-order chi connectivity index (χ0) is 11.3. The van der Waals surface area contributed by atoms with Crippen molar-refractivity contribution in [3.8, 4) is 0 Å². The van der Waals surface area contributed by atoms with Crippen molar-refractivity contribution in [1.82, 2.24) is 9.80 Å². The van der Waals surface area contributed by atoms with E-state index >= 15 is 0 Å². The topological polar surface area (TPSA) is 6.48 Å². The minimum atomic E-state index is 0.473. The molecule has 0 N–H and O–H groups in total. The molecule has 0 saturated carbocycles. The van der Waals surface area contributed by atoms with Gasteiger partial charge in [0.05, 0.1) is 0 Å². The summed E-state index contributed by atoms with van der Waals surface area (Å²) in [4.78, 5) is 5.07. The van der Waals surface area contributed by atoms with Crippen LogP contribution in [0, 0.1) is 5.41 Å². The Hall–Kier alpha value is -0.340. The monoisotopic (exact) mass is 210 g/mol. The van der Waals surface area contributed by atoms with Crippen molar-refractivity contribution in [1.29, 1.82) is 0 Å². The van der Waals surface area contributed by atoms with Crippen molar-refractivity contribution in [2.24, 2.45) is 5.41 Å². The molecule has 0 aromatic heterocycles. The molecule has 15 heavy (non-hydrogen) atoms. The number of hydrogen-bond acceptors (Lipinski definition) is 2. The highest BCUT2D eigenvalue weighted by atomic mass is 15.3. The molecule has 1 aliphatic rings. The molecule has 0 aromatic rings. The minimum absolute atomic E-state index is 0.473. The summed E-state index contributed by atoms with van der Waals surface area (Å²) in [6, 6.07) is 0. The molecule has 0 unspecified atom stereocenters. The van der Waals surface area contributed by atoms with Crippen molar-refractivity contribution < 1.29 is 0 Å². The van der Waals surface area contributed by atoms with Crippen LogP contribution in [-0.2, 0) is 0 Å². The van der Waals surface area contributed by atoms with Gasteiger partial charge >= 0.3 is 0 Å². The molecular weight excluding hydrogens is 184 g/mol. The Morgan fingerprint density at radius 1 is 1.13 bits per heavy atom. The van der Waals surface area contributed by atoms with Gasteiger partial charge in [-0.05, 0) is 11.8 Å². The van der Waals surface area contributed by atoms with Crippen molar-refractivity contribution in [2.75, 3.05) is 39.3 Å². The Morgan fingerprint density at radius 3 is 2.13 bits per heavy atom. The smallest absolute Gasteiger partial charge is 0.0161 e. The average Bonchev–Trinajstić information content (AvgIpc) is 2.21. The molecule has 0 amide bonds. The van der Waals surface area contributed by atoms with E-state index in [9.17, 15) is 0 Å². The minimum Gasteiger partial charge on any atom is -0.300 e. The molecule has 1 fully saturated rings. The zero-order valence-electron chi connectivity index (χ0n) is 10.6. The van der Waals surface area contributed by atoms with Crippen molar-refractivity contribution >= 4 is 0 Å². The van der Waals surface area contributed by atoms with Crippen LogP contribution >= 0.6 is 0 Å². The van der Waals surface area contributed by atoms with Crippen LogP contribution in [0.15, 0.2) is 12.7 Å². The zero-order valence-corrected chi connectivity index (χ0v) is 10.6. The Balaban J connectivity index is 2.28. The van der Waals surface area contributed by atoms with E-state index in [2.05, 4.69) is 37.1 Å². The van der Waals surface area contributed by atoms with Gasteiger partial charge in [0.2, 0.25) is 0 Å². The molecule has 1 aliphatic heterocycles. The number of nitrogens with zero attached hydrogens (tertiary/aromatic N) is 2. The highest BCUT2D eigenvalue weighted by molar-refractivity contribution is 4.81. The number of hydrogen-bond donors (Lipinski definition) is 0. The van der Waals surface area contributed by atoms with Gasteiger partial charge in [0.25, 0.3) is 0 Å².